The summed E-state index contributed by atoms with van der Waals surface area (Å²) in [5.74, 6) is -0.332. The summed E-state index contributed by atoms with van der Waals surface area (Å²) in [6, 6.07) is 11.2. The highest BCUT2D eigenvalue weighted by atomic mass is 16.5. The van der Waals surface area contributed by atoms with Crippen LogP contribution in [0.3, 0.4) is 0 Å². The lowest BCUT2D eigenvalue weighted by Crippen LogP contribution is -2.47. The van der Waals surface area contributed by atoms with Crippen LogP contribution < -0.4 is 15.5 Å². The van der Waals surface area contributed by atoms with E-state index in [4.69, 9.17) is 18.9 Å². The van der Waals surface area contributed by atoms with E-state index in [1.807, 2.05) is 24.3 Å². The molecular formula is C26H26N4O6. The van der Waals surface area contributed by atoms with E-state index >= 15 is 0 Å². The molecule has 10 nitrogen and oxygen atoms in total. The van der Waals surface area contributed by atoms with Crippen LogP contribution in [0.2, 0.25) is 0 Å². The molecule has 0 radical (unpaired) electrons. The van der Waals surface area contributed by atoms with Gasteiger partial charge in [0.05, 0.1) is 29.7 Å². The van der Waals surface area contributed by atoms with Crippen LogP contribution in [-0.2, 0) is 14.3 Å². The number of benzene rings is 1. The van der Waals surface area contributed by atoms with Crippen molar-refractivity contribution in [3.63, 3.8) is 0 Å². The van der Waals surface area contributed by atoms with E-state index in [0.29, 0.717) is 17.1 Å². The second kappa shape index (κ2) is 10.1. The number of esters is 2. The van der Waals surface area contributed by atoms with Gasteiger partial charge in [-0.05, 0) is 44.0 Å². The highest BCUT2D eigenvalue weighted by molar-refractivity contribution is 6.00. The van der Waals surface area contributed by atoms with E-state index in [1.165, 1.54) is 6.26 Å². The van der Waals surface area contributed by atoms with Gasteiger partial charge in [-0.25, -0.2) is 19.4 Å². The molecule has 1 saturated heterocycles. The van der Waals surface area contributed by atoms with E-state index in [1.54, 1.807) is 25.1 Å². The second-order valence-electron chi connectivity index (χ2n) is 8.48. The van der Waals surface area contributed by atoms with E-state index in [2.05, 4.69) is 15.5 Å². The van der Waals surface area contributed by atoms with Gasteiger partial charge in [-0.1, -0.05) is 18.2 Å². The van der Waals surface area contributed by atoms with Crippen LogP contribution in [0.4, 0.5) is 10.6 Å². The Bertz CT molecular complexity index is 1330. The molecule has 1 unspecified atom stereocenters. The molecule has 1 atom stereocenters. The van der Waals surface area contributed by atoms with E-state index in [9.17, 15) is 14.4 Å². The van der Waals surface area contributed by atoms with Crippen LogP contribution in [-0.4, -0.2) is 49.3 Å². The number of carbonyl (C=O) groups excluding carboxylic acids is 3. The molecular weight excluding hydrogens is 464 g/mol. The second-order valence-corrected chi connectivity index (χ2v) is 8.48. The first-order valence-electron chi connectivity index (χ1n) is 11.9. The van der Waals surface area contributed by atoms with Gasteiger partial charge in [-0.3, -0.25) is 0 Å². The summed E-state index contributed by atoms with van der Waals surface area (Å²) in [6.45, 7) is 3.08. The third-order valence-electron chi connectivity index (χ3n) is 6.15. The zero-order valence-corrected chi connectivity index (χ0v) is 19.8. The van der Waals surface area contributed by atoms with Crippen LogP contribution in [0.5, 0.6) is 0 Å². The van der Waals surface area contributed by atoms with E-state index in [0.717, 1.165) is 36.8 Å². The molecule has 0 aliphatic carbocycles. The fourth-order valence-electron chi connectivity index (χ4n) is 4.49. The highest BCUT2D eigenvalue weighted by Crippen LogP contribution is 2.30. The number of hydrogen-bond acceptors (Lipinski definition) is 8. The summed E-state index contributed by atoms with van der Waals surface area (Å²) < 4.78 is 16.3. The van der Waals surface area contributed by atoms with Gasteiger partial charge in [0.2, 0.25) is 0 Å². The molecule has 0 saturated carbocycles. The molecule has 2 aromatic heterocycles. The van der Waals surface area contributed by atoms with Crippen LogP contribution >= 0.6 is 0 Å². The van der Waals surface area contributed by atoms with Crippen LogP contribution in [0.1, 0.15) is 41.9 Å². The third kappa shape index (κ3) is 4.61. The Kier molecular flexibility index (Phi) is 6.57. The molecule has 36 heavy (non-hydrogen) atoms. The summed E-state index contributed by atoms with van der Waals surface area (Å²) in [4.78, 5) is 45.4. The number of furan rings is 1. The molecule has 0 bridgehead atoms. The number of nitrogens with zero attached hydrogens (tertiary/aromatic N) is 2. The van der Waals surface area contributed by atoms with Crippen molar-refractivity contribution in [2.24, 2.45) is 0 Å². The molecule has 1 fully saturated rings. The molecule has 2 N–H and O–H groups in total. The molecule has 10 heteroatoms. The largest absolute Gasteiger partial charge is 0.467 e. The minimum atomic E-state index is -0.885. The summed E-state index contributed by atoms with van der Waals surface area (Å²) in [5.41, 5.74) is 1.35. The van der Waals surface area contributed by atoms with Gasteiger partial charge in [0.1, 0.15) is 29.8 Å². The summed E-state index contributed by atoms with van der Waals surface area (Å²) in [7, 11) is 0. The lowest BCUT2D eigenvalue weighted by molar-refractivity contribution is -0.139. The molecule has 1 aromatic carbocycles. The summed E-state index contributed by atoms with van der Waals surface area (Å²) in [5, 5.41) is 6.06. The number of para-hydroxylation sites is 1. The number of pyridine rings is 1. The van der Waals surface area contributed by atoms with Crippen molar-refractivity contribution >= 4 is 34.7 Å². The zero-order chi connectivity index (χ0) is 25.1. The number of carbonyl (C=O) groups is 3. The first kappa shape index (κ1) is 23.4. The average molecular weight is 491 g/mol. The predicted molar refractivity (Wildman–Crippen MR) is 130 cm³/mol. The summed E-state index contributed by atoms with van der Waals surface area (Å²) >= 11 is 0. The van der Waals surface area contributed by atoms with Crippen LogP contribution in [0, 0.1) is 0 Å². The highest BCUT2D eigenvalue weighted by Gasteiger charge is 2.36. The number of anilines is 1. The van der Waals surface area contributed by atoms with E-state index < -0.39 is 24.0 Å². The van der Waals surface area contributed by atoms with Crippen molar-refractivity contribution < 1.29 is 28.3 Å². The zero-order valence-electron chi connectivity index (χ0n) is 19.8. The van der Waals surface area contributed by atoms with Crippen LogP contribution in [0.15, 0.2) is 64.4 Å². The monoisotopic (exact) mass is 490 g/mol. The van der Waals surface area contributed by atoms with Crippen molar-refractivity contribution in [1.29, 1.82) is 0 Å². The van der Waals surface area contributed by atoms with Crippen LogP contribution in [0.25, 0.3) is 10.9 Å². The normalized spacial score (nSPS) is 17.6. The Labute approximate surface area is 207 Å². The summed E-state index contributed by atoms with van der Waals surface area (Å²) in [6.07, 6.45) is 3.48. The Morgan fingerprint density at radius 3 is 2.67 bits per heavy atom. The van der Waals surface area contributed by atoms with Crippen molar-refractivity contribution in [3.8, 4) is 0 Å². The number of nitrogens with one attached hydrogen (secondary N) is 2. The Morgan fingerprint density at radius 2 is 1.92 bits per heavy atom. The van der Waals surface area contributed by atoms with Gasteiger partial charge in [-0.2, -0.15) is 0 Å². The van der Waals surface area contributed by atoms with Gasteiger partial charge < -0.3 is 29.4 Å². The van der Waals surface area contributed by atoms with Gasteiger partial charge in [0.25, 0.3) is 0 Å². The molecule has 4 heterocycles. The molecule has 5 rings (SSSR count). The number of fused-ring (bicyclic) bond motifs is 1. The number of ether oxygens (including phenoxy) is 2. The molecule has 2 aliphatic heterocycles. The van der Waals surface area contributed by atoms with Gasteiger partial charge in [-0.15, -0.1) is 0 Å². The van der Waals surface area contributed by atoms with Crippen molar-refractivity contribution in [2.45, 2.75) is 25.8 Å². The fraction of sp³-hybridized carbons (Fsp3) is 0.308. The Morgan fingerprint density at radius 1 is 1.11 bits per heavy atom. The SMILES string of the molecule is CCOC(=O)C1=C(COC(=O)c2cc3ccccc3nc2N2CCCC2)NC(=O)NC1c1ccco1. The molecule has 3 aromatic rings. The van der Waals surface area contributed by atoms with Gasteiger partial charge in [0.15, 0.2) is 0 Å². The molecule has 2 aliphatic rings. The number of urea groups is 1. The fourth-order valence-corrected chi connectivity index (χ4v) is 4.49. The Hall–Kier alpha value is -4.34. The maximum atomic E-state index is 13.3. The minimum Gasteiger partial charge on any atom is -0.467 e. The first-order chi connectivity index (χ1) is 17.5. The number of hydrogen-bond donors (Lipinski definition) is 2. The molecule has 0 spiro atoms. The van der Waals surface area contributed by atoms with Gasteiger partial charge in [0, 0.05) is 18.5 Å². The number of amides is 2. The standard InChI is InChI=1S/C26H26N4O6/c1-2-34-25(32)21-19(28-26(33)29-22(21)20-10-7-13-35-20)15-36-24(31)17-14-16-8-3-4-9-18(16)27-23(17)30-11-5-6-12-30/h3-4,7-10,13-14,22H,2,5-6,11-12,15H2,1H3,(H2,28,29,33). The minimum absolute atomic E-state index is 0.107. The topological polar surface area (TPSA) is 123 Å². The maximum Gasteiger partial charge on any atom is 0.342 e. The quantitative estimate of drug-likeness (QED) is 0.483. The number of aromatic nitrogens is 1. The lowest BCUT2D eigenvalue weighted by atomic mass is 10.0. The Balaban J connectivity index is 1.47. The van der Waals surface area contributed by atoms with Crippen molar-refractivity contribution in [1.82, 2.24) is 15.6 Å². The van der Waals surface area contributed by atoms with E-state index in [-0.39, 0.29) is 24.5 Å². The lowest BCUT2D eigenvalue weighted by Gasteiger charge is -2.27. The maximum absolute atomic E-state index is 13.3. The smallest absolute Gasteiger partial charge is 0.342 e. The van der Waals surface area contributed by atoms with Crippen molar-refractivity contribution in [3.05, 3.63) is 71.3 Å². The average Bonchev–Trinajstić information content (AvgIpc) is 3.61. The predicted octanol–water partition coefficient (Wildman–Crippen LogP) is 3.46. The molecule has 186 valence electrons. The van der Waals surface area contributed by atoms with Gasteiger partial charge >= 0.3 is 18.0 Å². The van der Waals surface area contributed by atoms with Crippen molar-refractivity contribution in [2.75, 3.05) is 31.2 Å². The number of rotatable bonds is 7. The third-order valence-corrected chi connectivity index (χ3v) is 6.15. The molecule has 2 amide bonds. The first-order valence-corrected chi connectivity index (χ1v) is 11.9.